The monoisotopic (exact) mass is 494 g/mol. The Morgan fingerprint density at radius 3 is 1.94 bits per heavy atom. The number of hydrogen-bond acceptors (Lipinski definition) is 7. The summed E-state index contributed by atoms with van der Waals surface area (Å²) in [7, 11) is 0. The summed E-state index contributed by atoms with van der Waals surface area (Å²) in [5.74, 6) is 0. The average molecular weight is 494 g/mol. The second-order valence-electron chi connectivity index (χ2n) is 7.68. The van der Waals surface area contributed by atoms with Crippen molar-refractivity contribution < 1.29 is 31.1 Å². The summed E-state index contributed by atoms with van der Waals surface area (Å²) >= 11 is 0. The fourth-order valence-corrected chi connectivity index (χ4v) is 3.55. The minimum atomic E-state index is -4.49. The second kappa shape index (κ2) is 12.7. The smallest absolute Gasteiger partial charge is 0.352 e. The van der Waals surface area contributed by atoms with Crippen LogP contribution in [0.3, 0.4) is 0 Å². The van der Waals surface area contributed by atoms with Gasteiger partial charge >= 0.3 is 34.4 Å². The summed E-state index contributed by atoms with van der Waals surface area (Å²) in [4.78, 5) is 13.1. The highest BCUT2D eigenvalue weighted by molar-refractivity contribution is 5.02. The molecule has 0 aromatic heterocycles. The summed E-state index contributed by atoms with van der Waals surface area (Å²) in [5.41, 5.74) is 0. The third-order valence-electron chi connectivity index (χ3n) is 5.25. The first-order valence-corrected chi connectivity index (χ1v) is 10.3. The Morgan fingerprint density at radius 1 is 0.765 bits per heavy atom. The lowest BCUT2D eigenvalue weighted by molar-refractivity contribution is -0.209. The van der Waals surface area contributed by atoms with Gasteiger partial charge in [0.2, 0.25) is 0 Å². The Morgan fingerprint density at radius 2 is 1.35 bits per heavy atom. The van der Waals surface area contributed by atoms with Crippen molar-refractivity contribution in [2.24, 2.45) is 0 Å². The lowest BCUT2D eigenvalue weighted by Crippen LogP contribution is -2.58. The molecule has 0 saturated carbocycles. The predicted molar refractivity (Wildman–Crippen MR) is 107 cm³/mol. The molecule has 2 unspecified atom stereocenters. The number of alkyl halides is 6. The molecule has 2 aliphatic heterocycles. The maximum Gasteiger partial charge on any atom is 0.411 e. The van der Waals surface area contributed by atoms with Gasteiger partial charge in [-0.25, -0.2) is 0 Å². The summed E-state index contributed by atoms with van der Waals surface area (Å²) in [6, 6.07) is 7.01. The zero-order valence-corrected chi connectivity index (χ0v) is 18.2. The number of hydrogen-bond donors (Lipinski definition) is 0. The molecule has 0 spiro atoms. The minimum Gasteiger partial charge on any atom is -0.352 e. The zero-order valence-electron chi connectivity index (χ0n) is 18.2. The molecule has 15 heteroatoms. The second-order valence-corrected chi connectivity index (χ2v) is 7.68. The van der Waals surface area contributed by atoms with Crippen LogP contribution in [0.25, 0.3) is 9.91 Å². The normalized spacial score (nSPS) is 23.2. The van der Waals surface area contributed by atoms with Crippen molar-refractivity contribution in [3.63, 3.8) is 0 Å². The molecule has 0 bridgehead atoms. The van der Waals surface area contributed by atoms with E-state index in [1.54, 1.807) is 15.9 Å². The minimum absolute atomic E-state index is 0.0110. The van der Waals surface area contributed by atoms with Crippen molar-refractivity contribution in [1.82, 2.24) is 19.6 Å². The van der Waals surface area contributed by atoms with Crippen LogP contribution in [0.4, 0.5) is 26.3 Å². The van der Waals surface area contributed by atoms with Gasteiger partial charge in [0, 0.05) is 39.3 Å². The molecule has 0 radical (unpaired) electrons. The zero-order chi connectivity index (χ0) is 25.2. The third-order valence-corrected chi connectivity index (χ3v) is 5.25. The van der Waals surface area contributed by atoms with Crippen LogP contribution in [0.2, 0.25) is 0 Å². The molecular formula is C19H24F6N8O+2. The molecule has 2 atom stereocenters. The summed E-state index contributed by atoms with van der Waals surface area (Å²) in [5, 5.41) is 17.5. The van der Waals surface area contributed by atoms with Crippen molar-refractivity contribution in [2.45, 2.75) is 24.6 Å². The molecule has 0 aromatic rings. The Balaban J connectivity index is 1.88. The maximum absolute atomic E-state index is 13.2. The van der Waals surface area contributed by atoms with Crippen molar-refractivity contribution >= 4 is 0 Å². The molecule has 2 saturated heterocycles. The Labute approximate surface area is 192 Å². The standard InChI is InChI=1S/C19H24F6N8O/c20-18(21,22)15-34-17-14-30(5-1-26)10-12-33(17)8-4-29-28-3-7-31-9-11-32(6-2-27)16(13-31)19(23,24)25/h16-17H,5-15H2/q+2. The number of rotatable bonds is 6. The van der Waals surface area contributed by atoms with Crippen molar-refractivity contribution in [3.8, 4) is 24.3 Å². The van der Waals surface area contributed by atoms with Gasteiger partial charge in [0.15, 0.2) is 0 Å². The van der Waals surface area contributed by atoms with E-state index >= 15 is 0 Å². The van der Waals surface area contributed by atoms with E-state index in [1.807, 2.05) is 6.07 Å². The van der Waals surface area contributed by atoms with Gasteiger partial charge in [-0.05, 0) is 0 Å². The van der Waals surface area contributed by atoms with Gasteiger partial charge < -0.3 is 4.74 Å². The van der Waals surface area contributed by atoms with E-state index < -0.39 is 31.2 Å². The van der Waals surface area contributed by atoms with Crippen LogP contribution in [0.15, 0.2) is 0 Å². The molecule has 0 aromatic carbocycles. The Hall–Kier alpha value is -2.66. The fourth-order valence-electron chi connectivity index (χ4n) is 3.55. The summed E-state index contributed by atoms with van der Waals surface area (Å²) in [6.45, 7) is -0.741. The predicted octanol–water partition coefficient (Wildman–Crippen LogP) is 1.69. The molecule has 2 aliphatic rings. The third kappa shape index (κ3) is 9.30. The van der Waals surface area contributed by atoms with Crippen LogP contribution in [0.1, 0.15) is 0 Å². The number of halogens is 6. The number of nitrogens with zero attached hydrogens (tertiary/aromatic N) is 8. The van der Waals surface area contributed by atoms with Gasteiger partial charge in [-0.1, -0.05) is 0 Å². The van der Waals surface area contributed by atoms with Crippen LogP contribution in [-0.2, 0) is 4.74 Å². The molecule has 0 amide bonds. The quantitative estimate of drug-likeness (QED) is 0.316. The van der Waals surface area contributed by atoms with Crippen molar-refractivity contribution in [1.29, 1.82) is 10.5 Å². The van der Waals surface area contributed by atoms with Crippen LogP contribution in [-0.4, -0.2) is 116 Å². The van der Waals surface area contributed by atoms with E-state index in [9.17, 15) is 26.3 Å². The lowest BCUT2D eigenvalue weighted by atomic mass is 10.1. The van der Waals surface area contributed by atoms with Crippen LogP contribution < -0.4 is 0 Å². The summed E-state index contributed by atoms with van der Waals surface area (Å²) < 4.78 is 82.2. The highest BCUT2D eigenvalue weighted by atomic mass is 19.4. The molecular weight excluding hydrogens is 470 g/mol. The van der Waals surface area contributed by atoms with Crippen LogP contribution >= 0.6 is 0 Å². The first-order chi connectivity index (χ1) is 16.0. The molecule has 0 N–H and O–H groups in total. The van der Waals surface area contributed by atoms with Crippen molar-refractivity contribution in [2.75, 3.05) is 72.1 Å². The lowest BCUT2D eigenvalue weighted by Gasteiger charge is -2.39. The number of piperazine rings is 2. The Kier molecular flexibility index (Phi) is 10.3. The first kappa shape index (κ1) is 27.6. The van der Waals surface area contributed by atoms with Gasteiger partial charge in [-0.3, -0.25) is 19.6 Å². The van der Waals surface area contributed by atoms with Gasteiger partial charge in [0.25, 0.3) is 0 Å². The number of nitriles is 2. The van der Waals surface area contributed by atoms with E-state index in [0.29, 0.717) is 19.6 Å². The van der Waals surface area contributed by atoms with E-state index in [2.05, 4.69) is 22.0 Å². The number of ether oxygens (including phenoxy) is 1. The SMILES string of the molecule is N#CCN1CCN(CC#[N+][N+]#CCN2CCN(CC#N)C(C(F)(F)F)C2)C(OCC(F)(F)F)C1. The van der Waals surface area contributed by atoms with Gasteiger partial charge in [-0.2, -0.15) is 36.9 Å². The molecule has 0 aliphatic carbocycles. The summed E-state index contributed by atoms with van der Waals surface area (Å²) in [6.07, 6.45) is -9.88. The molecule has 34 heavy (non-hydrogen) atoms. The van der Waals surface area contributed by atoms with Gasteiger partial charge in [-0.15, -0.1) is 0 Å². The highest BCUT2D eigenvalue weighted by Crippen LogP contribution is 2.27. The molecule has 9 nitrogen and oxygen atoms in total. The van der Waals surface area contributed by atoms with Crippen LogP contribution in [0.5, 0.6) is 0 Å². The van der Waals surface area contributed by atoms with E-state index in [-0.39, 0.29) is 45.8 Å². The molecule has 2 rings (SSSR count). The Bertz CT molecular complexity index is 875. The topological polar surface area (TPSA) is 78.5 Å². The molecule has 186 valence electrons. The first-order valence-electron chi connectivity index (χ1n) is 10.3. The highest BCUT2D eigenvalue weighted by Gasteiger charge is 2.46. The van der Waals surface area contributed by atoms with Gasteiger partial charge in [0.05, 0.1) is 25.2 Å². The molecule has 2 fully saturated rings. The van der Waals surface area contributed by atoms with E-state index in [1.165, 1.54) is 4.90 Å². The van der Waals surface area contributed by atoms with E-state index in [4.69, 9.17) is 15.3 Å². The van der Waals surface area contributed by atoms with Crippen molar-refractivity contribution in [3.05, 3.63) is 9.91 Å². The van der Waals surface area contributed by atoms with E-state index in [0.717, 1.165) is 4.90 Å². The van der Waals surface area contributed by atoms with Crippen LogP contribution in [0, 0.1) is 34.8 Å². The van der Waals surface area contributed by atoms with Gasteiger partial charge in [0.1, 0.15) is 32.0 Å². The average Bonchev–Trinajstić information content (AvgIpc) is 2.75. The fraction of sp³-hybridized carbons (Fsp3) is 0.789. The molecule has 2 heterocycles. The maximum atomic E-state index is 13.2. The largest absolute Gasteiger partial charge is 0.411 e.